The van der Waals surface area contributed by atoms with Crippen molar-refractivity contribution in [2.75, 3.05) is 26.2 Å². The highest BCUT2D eigenvalue weighted by Gasteiger charge is 2.37. The molecule has 6 nitrogen and oxygen atoms in total. The fourth-order valence-electron chi connectivity index (χ4n) is 3.35. The van der Waals surface area contributed by atoms with Gasteiger partial charge in [0, 0.05) is 32.7 Å². The molecule has 3 rings (SSSR count). The Kier molecular flexibility index (Phi) is 4.47. The molecule has 2 amide bonds. The summed E-state index contributed by atoms with van der Waals surface area (Å²) in [6.07, 6.45) is 3.75. The number of carbonyl (C=O) groups excluding carboxylic acids is 2. The molecule has 2 saturated heterocycles. The Bertz CT molecular complexity index is 528. The number of piperidine rings is 1. The summed E-state index contributed by atoms with van der Waals surface area (Å²) in [6, 6.07) is 3.63. The van der Waals surface area contributed by atoms with Crippen molar-refractivity contribution in [2.24, 2.45) is 11.8 Å². The Morgan fingerprint density at radius 2 is 2.27 bits per heavy atom. The number of aliphatic hydroxyl groups excluding tert-OH is 1. The summed E-state index contributed by atoms with van der Waals surface area (Å²) in [5.74, 6) is 0.701. The van der Waals surface area contributed by atoms with Gasteiger partial charge in [-0.2, -0.15) is 0 Å². The Balaban J connectivity index is 1.58. The quantitative estimate of drug-likeness (QED) is 0.895. The number of hydrogen-bond donors (Lipinski definition) is 1. The van der Waals surface area contributed by atoms with Crippen LogP contribution in [0.15, 0.2) is 22.8 Å². The number of carbonyl (C=O) groups is 2. The molecule has 6 heteroatoms. The first-order chi connectivity index (χ1) is 10.7. The van der Waals surface area contributed by atoms with Gasteiger partial charge in [-0.15, -0.1) is 0 Å². The van der Waals surface area contributed by atoms with Crippen molar-refractivity contribution in [3.8, 4) is 0 Å². The molecule has 3 heterocycles. The second kappa shape index (κ2) is 6.52. The zero-order valence-corrected chi connectivity index (χ0v) is 12.6. The van der Waals surface area contributed by atoms with E-state index in [0.717, 1.165) is 25.1 Å². The van der Waals surface area contributed by atoms with Gasteiger partial charge in [-0.1, -0.05) is 0 Å². The Morgan fingerprint density at radius 1 is 1.41 bits per heavy atom. The average molecular weight is 306 g/mol. The number of rotatable bonds is 4. The van der Waals surface area contributed by atoms with Gasteiger partial charge in [0.25, 0.3) is 0 Å². The maximum absolute atomic E-state index is 12.6. The SMILES string of the molecule is O=C1CC(C(=O)N2CCCC(CO)C2)CN1Cc1ccco1. The van der Waals surface area contributed by atoms with E-state index in [2.05, 4.69) is 0 Å². The van der Waals surface area contributed by atoms with Crippen LogP contribution in [0.25, 0.3) is 0 Å². The van der Waals surface area contributed by atoms with E-state index in [1.165, 1.54) is 0 Å². The minimum atomic E-state index is -0.264. The third-order valence-electron chi connectivity index (χ3n) is 4.58. The summed E-state index contributed by atoms with van der Waals surface area (Å²) >= 11 is 0. The van der Waals surface area contributed by atoms with Crippen molar-refractivity contribution in [3.63, 3.8) is 0 Å². The molecule has 0 aromatic carbocycles. The maximum Gasteiger partial charge on any atom is 0.228 e. The van der Waals surface area contributed by atoms with Crippen molar-refractivity contribution in [2.45, 2.75) is 25.8 Å². The van der Waals surface area contributed by atoms with Gasteiger partial charge in [0.05, 0.1) is 18.7 Å². The first kappa shape index (κ1) is 15.1. The standard InChI is InChI=1S/C16H22N2O4/c19-11-12-3-1-5-17(8-12)16(21)13-7-15(20)18(9-13)10-14-4-2-6-22-14/h2,4,6,12-13,19H,1,3,5,7-11H2. The van der Waals surface area contributed by atoms with E-state index in [1.54, 1.807) is 17.2 Å². The van der Waals surface area contributed by atoms with Gasteiger partial charge in [0.1, 0.15) is 5.76 Å². The number of likely N-dealkylation sites (tertiary alicyclic amines) is 2. The van der Waals surface area contributed by atoms with E-state index in [0.29, 0.717) is 19.6 Å². The minimum Gasteiger partial charge on any atom is -0.467 e. The second-order valence-electron chi connectivity index (χ2n) is 6.23. The lowest BCUT2D eigenvalue weighted by atomic mass is 9.97. The van der Waals surface area contributed by atoms with Gasteiger partial charge in [0.15, 0.2) is 0 Å². The Hall–Kier alpha value is -1.82. The second-order valence-corrected chi connectivity index (χ2v) is 6.23. The number of hydrogen-bond acceptors (Lipinski definition) is 4. The van der Waals surface area contributed by atoms with Gasteiger partial charge < -0.3 is 19.3 Å². The molecule has 1 aromatic rings. The van der Waals surface area contributed by atoms with Gasteiger partial charge in [-0.05, 0) is 30.9 Å². The van der Waals surface area contributed by atoms with E-state index >= 15 is 0 Å². The molecular weight excluding hydrogens is 284 g/mol. The summed E-state index contributed by atoms with van der Waals surface area (Å²) in [5.41, 5.74) is 0. The number of aliphatic hydroxyl groups is 1. The molecule has 0 saturated carbocycles. The predicted octanol–water partition coefficient (Wildman–Crippen LogP) is 0.859. The molecule has 1 N–H and O–H groups in total. The van der Waals surface area contributed by atoms with Crippen LogP contribution in [-0.2, 0) is 16.1 Å². The molecule has 2 unspecified atom stereocenters. The molecule has 2 aliphatic heterocycles. The summed E-state index contributed by atoms with van der Waals surface area (Å²) in [5, 5.41) is 9.27. The van der Waals surface area contributed by atoms with Gasteiger partial charge >= 0.3 is 0 Å². The zero-order chi connectivity index (χ0) is 15.5. The lowest BCUT2D eigenvalue weighted by molar-refractivity contribution is -0.137. The normalized spacial score (nSPS) is 25.8. The average Bonchev–Trinajstić information content (AvgIpc) is 3.17. The lowest BCUT2D eigenvalue weighted by Crippen LogP contribution is -2.44. The van der Waals surface area contributed by atoms with Gasteiger partial charge in [0.2, 0.25) is 11.8 Å². The highest BCUT2D eigenvalue weighted by Crippen LogP contribution is 2.25. The van der Waals surface area contributed by atoms with Crippen LogP contribution in [-0.4, -0.2) is 53.0 Å². The Labute approximate surface area is 129 Å². The van der Waals surface area contributed by atoms with Crippen molar-refractivity contribution < 1.29 is 19.1 Å². The summed E-state index contributed by atoms with van der Waals surface area (Å²) in [6.45, 7) is 2.35. The van der Waals surface area contributed by atoms with Crippen LogP contribution >= 0.6 is 0 Å². The third kappa shape index (κ3) is 3.16. The first-order valence-electron chi connectivity index (χ1n) is 7.87. The number of amides is 2. The monoisotopic (exact) mass is 306 g/mol. The molecule has 2 fully saturated rings. The van der Waals surface area contributed by atoms with Crippen molar-refractivity contribution in [1.29, 1.82) is 0 Å². The largest absolute Gasteiger partial charge is 0.467 e. The smallest absolute Gasteiger partial charge is 0.228 e. The van der Waals surface area contributed by atoms with Crippen molar-refractivity contribution in [3.05, 3.63) is 24.2 Å². The lowest BCUT2D eigenvalue weighted by Gasteiger charge is -2.33. The fourth-order valence-corrected chi connectivity index (χ4v) is 3.35. The molecule has 0 aliphatic carbocycles. The van der Waals surface area contributed by atoms with Gasteiger partial charge in [-0.25, -0.2) is 0 Å². The molecule has 0 radical (unpaired) electrons. The van der Waals surface area contributed by atoms with E-state index in [-0.39, 0.29) is 36.7 Å². The van der Waals surface area contributed by atoms with Crippen molar-refractivity contribution >= 4 is 11.8 Å². The topological polar surface area (TPSA) is 74.0 Å². The molecule has 0 spiro atoms. The summed E-state index contributed by atoms with van der Waals surface area (Å²) < 4.78 is 5.27. The minimum absolute atomic E-state index is 0.00506. The fraction of sp³-hybridized carbons (Fsp3) is 0.625. The highest BCUT2D eigenvalue weighted by molar-refractivity contribution is 5.89. The number of furan rings is 1. The molecule has 2 atom stereocenters. The molecular formula is C16H22N2O4. The molecule has 0 bridgehead atoms. The predicted molar refractivity (Wildman–Crippen MR) is 78.6 cm³/mol. The van der Waals surface area contributed by atoms with Gasteiger partial charge in [-0.3, -0.25) is 9.59 Å². The van der Waals surface area contributed by atoms with Crippen LogP contribution < -0.4 is 0 Å². The van der Waals surface area contributed by atoms with Crippen LogP contribution in [0.1, 0.15) is 25.0 Å². The van der Waals surface area contributed by atoms with Crippen LogP contribution in [0.4, 0.5) is 0 Å². The first-order valence-corrected chi connectivity index (χ1v) is 7.87. The highest BCUT2D eigenvalue weighted by atomic mass is 16.3. The molecule has 120 valence electrons. The maximum atomic E-state index is 12.6. The summed E-state index contributed by atoms with van der Waals surface area (Å²) in [4.78, 5) is 28.2. The molecule has 22 heavy (non-hydrogen) atoms. The molecule has 2 aliphatic rings. The Morgan fingerprint density at radius 3 is 3.00 bits per heavy atom. The van der Waals surface area contributed by atoms with E-state index in [9.17, 15) is 14.7 Å². The zero-order valence-electron chi connectivity index (χ0n) is 12.6. The number of nitrogens with zero attached hydrogens (tertiary/aromatic N) is 2. The van der Waals surface area contributed by atoms with Crippen LogP contribution in [0.2, 0.25) is 0 Å². The van der Waals surface area contributed by atoms with Crippen molar-refractivity contribution in [1.82, 2.24) is 9.80 Å². The van der Waals surface area contributed by atoms with Crippen LogP contribution in [0, 0.1) is 11.8 Å². The van der Waals surface area contributed by atoms with E-state index in [4.69, 9.17) is 4.42 Å². The van der Waals surface area contributed by atoms with E-state index in [1.807, 2.05) is 11.0 Å². The van der Waals surface area contributed by atoms with Crippen LogP contribution in [0.5, 0.6) is 0 Å². The van der Waals surface area contributed by atoms with Crippen LogP contribution in [0.3, 0.4) is 0 Å². The van der Waals surface area contributed by atoms with E-state index < -0.39 is 0 Å². The summed E-state index contributed by atoms with van der Waals surface area (Å²) in [7, 11) is 0. The molecule has 1 aromatic heterocycles. The third-order valence-corrected chi connectivity index (χ3v) is 4.58.